The van der Waals surface area contributed by atoms with Crippen molar-refractivity contribution in [3.63, 3.8) is 0 Å². The summed E-state index contributed by atoms with van der Waals surface area (Å²) < 4.78 is 11.1. The molecule has 1 fully saturated rings. The zero-order chi connectivity index (χ0) is 19.1. The standard InChI is InChI=1S/C20H30N2O4/c1-14(2)22(4)20(24)17-9-7-16(8-10-17)12-21-19(23)15(3)26-13-18-6-5-11-25-18/h7-10,14-15,18H,5-6,11-13H2,1-4H3,(H,21,23). The maximum Gasteiger partial charge on any atom is 0.253 e. The fourth-order valence-electron chi connectivity index (χ4n) is 2.64. The van der Waals surface area contributed by atoms with Crippen molar-refractivity contribution >= 4 is 11.8 Å². The third-order valence-corrected chi connectivity index (χ3v) is 4.69. The lowest BCUT2D eigenvalue weighted by Crippen LogP contribution is -2.35. The number of ether oxygens (including phenoxy) is 2. The van der Waals surface area contributed by atoms with Crippen LogP contribution in [0.5, 0.6) is 0 Å². The largest absolute Gasteiger partial charge is 0.376 e. The number of rotatable bonds is 8. The smallest absolute Gasteiger partial charge is 0.253 e. The predicted molar refractivity (Wildman–Crippen MR) is 99.9 cm³/mol. The summed E-state index contributed by atoms with van der Waals surface area (Å²) in [5.74, 6) is -0.158. The molecule has 2 rings (SSSR count). The molecule has 6 nitrogen and oxygen atoms in total. The molecule has 26 heavy (non-hydrogen) atoms. The molecule has 0 bridgehead atoms. The lowest BCUT2D eigenvalue weighted by molar-refractivity contribution is -0.133. The Hall–Kier alpha value is -1.92. The van der Waals surface area contributed by atoms with Gasteiger partial charge >= 0.3 is 0 Å². The van der Waals surface area contributed by atoms with Crippen LogP contribution < -0.4 is 5.32 Å². The van der Waals surface area contributed by atoms with Gasteiger partial charge in [0.05, 0.1) is 12.7 Å². The Kier molecular flexibility index (Phi) is 7.60. The van der Waals surface area contributed by atoms with E-state index in [1.807, 2.05) is 26.0 Å². The highest BCUT2D eigenvalue weighted by atomic mass is 16.5. The molecular weight excluding hydrogens is 332 g/mol. The Morgan fingerprint density at radius 1 is 1.27 bits per heavy atom. The summed E-state index contributed by atoms with van der Waals surface area (Å²) in [6.07, 6.45) is 1.64. The minimum Gasteiger partial charge on any atom is -0.376 e. The molecule has 0 aliphatic carbocycles. The van der Waals surface area contributed by atoms with E-state index in [-0.39, 0.29) is 24.0 Å². The number of hydrogen-bond donors (Lipinski definition) is 1. The number of amides is 2. The van der Waals surface area contributed by atoms with Gasteiger partial charge in [-0.1, -0.05) is 12.1 Å². The molecule has 2 amide bonds. The van der Waals surface area contributed by atoms with Crippen LogP contribution in [0.25, 0.3) is 0 Å². The SMILES string of the molecule is CC(OCC1CCCO1)C(=O)NCc1ccc(C(=O)N(C)C(C)C)cc1. The molecule has 0 aromatic heterocycles. The topological polar surface area (TPSA) is 67.9 Å². The Bertz CT molecular complexity index is 594. The van der Waals surface area contributed by atoms with Crippen LogP contribution in [0.1, 0.15) is 49.5 Å². The minimum absolute atomic E-state index is 0.00765. The van der Waals surface area contributed by atoms with Crippen LogP contribution >= 0.6 is 0 Å². The third-order valence-electron chi connectivity index (χ3n) is 4.69. The maximum atomic E-state index is 12.3. The zero-order valence-electron chi connectivity index (χ0n) is 16.2. The van der Waals surface area contributed by atoms with Gasteiger partial charge in [-0.3, -0.25) is 9.59 Å². The number of carbonyl (C=O) groups excluding carboxylic acids is 2. The minimum atomic E-state index is -0.514. The van der Waals surface area contributed by atoms with E-state index in [4.69, 9.17) is 9.47 Å². The van der Waals surface area contributed by atoms with Gasteiger partial charge in [-0.05, 0) is 51.3 Å². The number of benzene rings is 1. The first-order valence-electron chi connectivity index (χ1n) is 9.25. The highest BCUT2D eigenvalue weighted by Crippen LogP contribution is 2.13. The highest BCUT2D eigenvalue weighted by molar-refractivity contribution is 5.94. The molecule has 2 unspecified atom stereocenters. The first-order valence-corrected chi connectivity index (χ1v) is 9.25. The van der Waals surface area contributed by atoms with E-state index in [1.165, 1.54) is 0 Å². The molecule has 1 aliphatic rings. The van der Waals surface area contributed by atoms with Crippen molar-refractivity contribution in [2.75, 3.05) is 20.3 Å². The Morgan fingerprint density at radius 3 is 2.54 bits per heavy atom. The summed E-state index contributed by atoms with van der Waals surface area (Å²) in [7, 11) is 1.79. The van der Waals surface area contributed by atoms with Crippen LogP contribution in [-0.4, -0.2) is 55.2 Å². The van der Waals surface area contributed by atoms with Gasteiger partial charge in [0.25, 0.3) is 5.91 Å². The number of nitrogens with zero attached hydrogens (tertiary/aromatic N) is 1. The van der Waals surface area contributed by atoms with Crippen molar-refractivity contribution < 1.29 is 19.1 Å². The first-order chi connectivity index (χ1) is 12.4. The van der Waals surface area contributed by atoms with Crippen LogP contribution in [0.15, 0.2) is 24.3 Å². The van der Waals surface area contributed by atoms with Gasteiger partial charge in [-0.15, -0.1) is 0 Å². The van der Waals surface area contributed by atoms with Crippen LogP contribution in [0, 0.1) is 0 Å². The third kappa shape index (κ3) is 5.81. The molecule has 1 aromatic rings. The molecule has 1 N–H and O–H groups in total. The summed E-state index contributed by atoms with van der Waals surface area (Å²) in [6.45, 7) is 7.33. The van der Waals surface area contributed by atoms with Crippen LogP contribution in [0.2, 0.25) is 0 Å². The molecule has 0 spiro atoms. The van der Waals surface area contributed by atoms with E-state index in [9.17, 15) is 9.59 Å². The number of nitrogens with one attached hydrogen (secondary N) is 1. The molecule has 0 saturated carbocycles. The molecule has 1 aliphatic heterocycles. The molecule has 1 heterocycles. The average Bonchev–Trinajstić information content (AvgIpc) is 3.16. The molecule has 1 saturated heterocycles. The van der Waals surface area contributed by atoms with Crippen LogP contribution in [-0.2, 0) is 20.8 Å². The van der Waals surface area contributed by atoms with Gasteiger partial charge in [-0.25, -0.2) is 0 Å². The van der Waals surface area contributed by atoms with E-state index in [1.54, 1.807) is 31.0 Å². The van der Waals surface area contributed by atoms with Crippen molar-refractivity contribution in [2.45, 2.75) is 58.4 Å². The normalized spacial score (nSPS) is 18.0. The van der Waals surface area contributed by atoms with Crippen LogP contribution in [0.3, 0.4) is 0 Å². The second-order valence-electron chi connectivity index (χ2n) is 7.04. The van der Waals surface area contributed by atoms with Crippen molar-refractivity contribution in [3.8, 4) is 0 Å². The fourth-order valence-corrected chi connectivity index (χ4v) is 2.64. The lowest BCUT2D eigenvalue weighted by atomic mass is 10.1. The van der Waals surface area contributed by atoms with Crippen molar-refractivity contribution in [1.29, 1.82) is 0 Å². The van der Waals surface area contributed by atoms with Gasteiger partial charge in [0.2, 0.25) is 5.91 Å². The second kappa shape index (κ2) is 9.69. The quantitative estimate of drug-likeness (QED) is 0.771. The molecule has 0 radical (unpaired) electrons. The Morgan fingerprint density at radius 2 is 1.96 bits per heavy atom. The highest BCUT2D eigenvalue weighted by Gasteiger charge is 2.20. The van der Waals surface area contributed by atoms with E-state index < -0.39 is 6.10 Å². The summed E-state index contributed by atoms with van der Waals surface area (Å²) in [4.78, 5) is 26.1. The number of hydrogen-bond acceptors (Lipinski definition) is 4. The molecule has 2 atom stereocenters. The average molecular weight is 362 g/mol. The zero-order valence-corrected chi connectivity index (χ0v) is 16.2. The molecule has 1 aromatic carbocycles. The second-order valence-corrected chi connectivity index (χ2v) is 7.04. The van der Waals surface area contributed by atoms with E-state index in [2.05, 4.69) is 5.32 Å². The Balaban J connectivity index is 1.77. The summed E-state index contributed by atoms with van der Waals surface area (Å²) >= 11 is 0. The molecule has 144 valence electrons. The van der Waals surface area contributed by atoms with Gasteiger partial charge in [0.1, 0.15) is 6.10 Å². The summed E-state index contributed by atoms with van der Waals surface area (Å²) in [5, 5.41) is 2.86. The maximum absolute atomic E-state index is 12.3. The summed E-state index contributed by atoms with van der Waals surface area (Å²) in [5.41, 5.74) is 1.58. The Labute approximate surface area is 155 Å². The van der Waals surface area contributed by atoms with Gasteiger partial charge < -0.3 is 19.7 Å². The van der Waals surface area contributed by atoms with E-state index in [0.29, 0.717) is 18.7 Å². The first kappa shape index (κ1) is 20.4. The van der Waals surface area contributed by atoms with Gasteiger partial charge in [0, 0.05) is 31.8 Å². The van der Waals surface area contributed by atoms with Gasteiger partial charge in [-0.2, -0.15) is 0 Å². The molecule has 6 heteroatoms. The van der Waals surface area contributed by atoms with Gasteiger partial charge in [0.15, 0.2) is 0 Å². The number of carbonyl (C=O) groups is 2. The summed E-state index contributed by atoms with van der Waals surface area (Å²) in [6, 6.07) is 7.46. The van der Waals surface area contributed by atoms with Crippen molar-refractivity contribution in [2.24, 2.45) is 0 Å². The van der Waals surface area contributed by atoms with Crippen molar-refractivity contribution in [1.82, 2.24) is 10.2 Å². The van der Waals surface area contributed by atoms with E-state index in [0.717, 1.165) is 25.0 Å². The predicted octanol–water partition coefficient (Wildman–Crippen LogP) is 2.37. The molecular formula is C20H30N2O4. The lowest BCUT2D eigenvalue weighted by Gasteiger charge is -2.21. The van der Waals surface area contributed by atoms with Crippen LogP contribution in [0.4, 0.5) is 0 Å². The van der Waals surface area contributed by atoms with E-state index >= 15 is 0 Å². The fraction of sp³-hybridized carbons (Fsp3) is 0.600. The van der Waals surface area contributed by atoms with Crippen molar-refractivity contribution in [3.05, 3.63) is 35.4 Å². The monoisotopic (exact) mass is 362 g/mol.